The monoisotopic (exact) mass is 629 g/mol. The molecule has 3 rings (SSSR count). The summed E-state index contributed by atoms with van der Waals surface area (Å²) in [6.07, 6.45) is 4.84. The first-order valence-electron chi connectivity index (χ1n) is 13.8. The van der Waals surface area contributed by atoms with Crippen LogP contribution in [0.1, 0.15) is 30.4 Å². The Hall–Kier alpha value is -2.96. The first-order valence-corrected chi connectivity index (χ1v) is 13.8. The van der Waals surface area contributed by atoms with Gasteiger partial charge in [-0.25, -0.2) is 0 Å². The average molecular weight is 630 g/mol. The molecule has 0 aliphatic carbocycles. The predicted molar refractivity (Wildman–Crippen MR) is 172 cm³/mol. The number of hydrogen-bond acceptors (Lipinski definition) is 7. The number of benzene rings is 3. The molecule has 0 heterocycles. The van der Waals surface area contributed by atoms with E-state index in [1.165, 1.54) is 0 Å². The first-order chi connectivity index (χ1) is 20.9. The van der Waals surface area contributed by atoms with Crippen molar-refractivity contribution in [3.05, 3.63) is 115 Å². The summed E-state index contributed by atoms with van der Waals surface area (Å²) in [6, 6.07) is 21.9. The number of nitrogens with zero attached hydrogens (tertiary/aromatic N) is 1. The predicted octanol–water partition coefficient (Wildman–Crippen LogP) is 2.64. The molecule has 44 heavy (non-hydrogen) atoms. The smallest absolute Gasteiger partial charge is 0.671 e. The van der Waals surface area contributed by atoms with E-state index in [9.17, 15) is 9.90 Å². The topological polar surface area (TPSA) is 134 Å². The second-order valence-corrected chi connectivity index (χ2v) is 9.06. The summed E-state index contributed by atoms with van der Waals surface area (Å²) in [5.41, 5.74) is 8.02. The fourth-order valence-corrected chi connectivity index (χ4v) is 3.74. The quantitative estimate of drug-likeness (QED) is 0.0960. The molecule has 232 valence electrons. The van der Waals surface area contributed by atoms with Crippen LogP contribution in [0, 0.1) is 0 Å². The molecule has 0 fully saturated rings. The van der Waals surface area contributed by atoms with Gasteiger partial charge in [-0.2, -0.15) is 0 Å². The normalized spacial score (nSPS) is 10.9. The average Bonchev–Trinajstić information content (AvgIpc) is 3.05. The van der Waals surface area contributed by atoms with Gasteiger partial charge in [0.25, 0.3) is 0 Å². The number of aliphatic hydroxyl groups is 1. The maximum Gasteiger partial charge on any atom is 1.00 e. The SMILES string of the molecule is C=CCCCC(O)NC(=O)[C@@H](Cc1ccccc1)[N-]c1ccc(OC)cc1OCC=C.C=O.COc1ccc(CN)cc1.[K+]. The Morgan fingerprint density at radius 1 is 0.955 bits per heavy atom. The van der Waals surface area contributed by atoms with Crippen LogP contribution >= 0.6 is 0 Å². The molecule has 0 aliphatic rings. The van der Waals surface area contributed by atoms with Gasteiger partial charge in [-0.15, -0.1) is 6.58 Å². The molecule has 2 atom stereocenters. The molecule has 3 aromatic rings. The number of unbranched alkanes of at least 4 members (excludes halogenated alkanes) is 1. The van der Waals surface area contributed by atoms with Gasteiger partial charge in [-0.05, 0) is 61.1 Å². The van der Waals surface area contributed by atoms with E-state index < -0.39 is 12.3 Å². The number of carbonyl (C=O) groups excluding carboxylic acids is 2. The summed E-state index contributed by atoms with van der Waals surface area (Å²) in [6.45, 7) is 10.2. The van der Waals surface area contributed by atoms with E-state index in [1.807, 2.05) is 61.4 Å². The Bertz CT molecular complexity index is 1190. The van der Waals surface area contributed by atoms with Crippen LogP contribution in [-0.4, -0.2) is 50.9 Å². The van der Waals surface area contributed by atoms with E-state index in [0.717, 1.165) is 29.7 Å². The fraction of sp³-hybridized carbons (Fsp3) is 0.294. The summed E-state index contributed by atoms with van der Waals surface area (Å²) < 4.78 is 16.0. The molecule has 3 aromatic carbocycles. The molecule has 10 heteroatoms. The number of carbonyl (C=O) groups is 2. The van der Waals surface area contributed by atoms with Crippen molar-refractivity contribution in [1.82, 2.24) is 5.32 Å². The van der Waals surface area contributed by atoms with Gasteiger partial charge in [0.2, 0.25) is 5.91 Å². The third-order valence-corrected chi connectivity index (χ3v) is 5.98. The van der Waals surface area contributed by atoms with E-state index in [1.54, 1.807) is 44.6 Å². The van der Waals surface area contributed by atoms with Crippen molar-refractivity contribution in [2.45, 2.75) is 44.5 Å². The number of allylic oxidation sites excluding steroid dienone is 1. The number of hydrogen-bond donors (Lipinski definition) is 3. The zero-order valence-corrected chi connectivity index (χ0v) is 29.2. The Morgan fingerprint density at radius 2 is 1.59 bits per heavy atom. The van der Waals surface area contributed by atoms with Gasteiger partial charge in [-0.1, -0.05) is 72.9 Å². The van der Waals surface area contributed by atoms with Crippen molar-refractivity contribution in [2.75, 3.05) is 20.8 Å². The van der Waals surface area contributed by atoms with Crippen LogP contribution in [0.5, 0.6) is 17.2 Å². The van der Waals surface area contributed by atoms with E-state index in [0.29, 0.717) is 43.2 Å². The molecule has 0 aliphatic heterocycles. The Kier molecular flexibility index (Phi) is 23.7. The van der Waals surface area contributed by atoms with Crippen molar-refractivity contribution in [3.8, 4) is 17.2 Å². The van der Waals surface area contributed by atoms with Gasteiger partial charge in [0.05, 0.1) is 14.2 Å². The number of nitrogens with two attached hydrogens (primary N) is 1. The molecule has 0 aromatic heterocycles. The van der Waals surface area contributed by atoms with Crippen molar-refractivity contribution in [1.29, 1.82) is 0 Å². The maximum absolute atomic E-state index is 13.0. The minimum Gasteiger partial charge on any atom is -0.671 e. The van der Waals surface area contributed by atoms with Crippen LogP contribution in [0.25, 0.3) is 5.32 Å². The van der Waals surface area contributed by atoms with E-state index in [-0.39, 0.29) is 57.3 Å². The van der Waals surface area contributed by atoms with Crippen molar-refractivity contribution in [3.63, 3.8) is 0 Å². The van der Waals surface area contributed by atoms with Crippen LogP contribution < -0.4 is 76.6 Å². The van der Waals surface area contributed by atoms with Crippen molar-refractivity contribution < 1.29 is 80.3 Å². The summed E-state index contributed by atoms with van der Waals surface area (Å²) >= 11 is 0. The zero-order chi connectivity index (χ0) is 31.9. The standard InChI is InChI=1S/C25H31N2O4.C8H11NO.CH2O.K/c1-4-6-8-13-24(28)27-25(29)22(17-19-11-9-7-10-12-19)26-21-15-14-20(30-3)18-23(21)31-16-5-2;1-10-8-4-2-7(6-9)3-5-8;1-2;/h4-5,7,9-12,14-15,18,22,24,28H,1-2,6,8,13,16-17H2,3H3,(H,27,29);2-5H,6,9H2,1H3;1H2;/q-1;;;+1/t22-,24?;;;/m1.../s1. The van der Waals surface area contributed by atoms with Crippen LogP contribution in [0.15, 0.2) is 98.1 Å². The Balaban J connectivity index is 0.00000120. The molecule has 1 amide bonds. The van der Waals surface area contributed by atoms with Gasteiger partial charge in [-0.3, -0.25) is 4.79 Å². The van der Waals surface area contributed by atoms with Crippen LogP contribution in [0.3, 0.4) is 0 Å². The number of nitrogens with one attached hydrogen (secondary N) is 1. The Labute approximate surface area is 304 Å². The minimum absolute atomic E-state index is 0. The van der Waals surface area contributed by atoms with Gasteiger partial charge < -0.3 is 40.5 Å². The van der Waals surface area contributed by atoms with Crippen molar-refractivity contribution in [2.24, 2.45) is 5.73 Å². The summed E-state index contributed by atoms with van der Waals surface area (Å²) in [5.74, 6) is 1.65. The van der Waals surface area contributed by atoms with Gasteiger partial charge >= 0.3 is 51.4 Å². The van der Waals surface area contributed by atoms with Crippen LogP contribution in [0.4, 0.5) is 5.69 Å². The number of methoxy groups -OCH3 is 2. The second-order valence-electron chi connectivity index (χ2n) is 9.06. The third kappa shape index (κ3) is 16.2. The maximum atomic E-state index is 13.0. The zero-order valence-electron chi connectivity index (χ0n) is 26.1. The molecule has 0 spiro atoms. The minimum atomic E-state index is -0.937. The molecule has 0 saturated heterocycles. The van der Waals surface area contributed by atoms with E-state index >= 15 is 0 Å². The third-order valence-electron chi connectivity index (χ3n) is 5.98. The molecule has 0 bridgehead atoms. The van der Waals surface area contributed by atoms with E-state index in [2.05, 4.69) is 23.8 Å². The fourth-order valence-electron chi connectivity index (χ4n) is 3.74. The molecule has 0 saturated carbocycles. The van der Waals surface area contributed by atoms with Crippen molar-refractivity contribution >= 4 is 18.4 Å². The number of amides is 1. The van der Waals surface area contributed by atoms with Crippen LogP contribution in [0.2, 0.25) is 0 Å². The molecular weight excluding hydrogens is 585 g/mol. The van der Waals surface area contributed by atoms with E-state index in [4.69, 9.17) is 24.7 Å². The molecule has 0 radical (unpaired) electrons. The van der Waals surface area contributed by atoms with Gasteiger partial charge in [0.1, 0.15) is 36.9 Å². The van der Waals surface area contributed by atoms with Gasteiger partial charge in [0.15, 0.2) is 0 Å². The molecule has 9 nitrogen and oxygen atoms in total. The summed E-state index contributed by atoms with van der Waals surface area (Å²) in [5, 5.41) is 17.6. The van der Waals surface area contributed by atoms with Crippen LogP contribution in [-0.2, 0) is 22.6 Å². The first kappa shape index (κ1) is 41.0. The largest absolute Gasteiger partial charge is 1.00 e. The summed E-state index contributed by atoms with van der Waals surface area (Å²) in [7, 11) is 3.22. The summed E-state index contributed by atoms with van der Waals surface area (Å²) in [4.78, 5) is 21.0. The molecule has 4 N–H and O–H groups in total. The molecular formula is C34H44KN3O6. The number of rotatable bonds is 16. The second kappa shape index (κ2) is 25.4. The van der Waals surface area contributed by atoms with Gasteiger partial charge in [0, 0.05) is 12.6 Å². The molecule has 1 unspecified atom stereocenters. The number of ether oxygens (including phenoxy) is 3. The Morgan fingerprint density at radius 3 is 2.16 bits per heavy atom. The number of aliphatic hydroxyl groups excluding tert-OH is 1.